The second-order valence-corrected chi connectivity index (χ2v) is 7.37. The van der Waals surface area contributed by atoms with Crippen LogP contribution in [-0.4, -0.2) is 47.7 Å². The summed E-state index contributed by atoms with van der Waals surface area (Å²) in [5, 5.41) is 12.7. The number of rotatable bonds is 7. The fraction of sp³-hybridized carbons (Fsp3) is 0.938. The summed E-state index contributed by atoms with van der Waals surface area (Å²) in [6, 6.07) is 0.519. The molecule has 1 atom stereocenters. The molecule has 1 unspecified atom stereocenters. The van der Waals surface area contributed by atoms with Crippen LogP contribution in [0.15, 0.2) is 0 Å². The van der Waals surface area contributed by atoms with Gasteiger partial charge in [-0.1, -0.05) is 20.8 Å². The number of carboxylic acids is 1. The first kappa shape index (κ1) is 17.4. The number of carbonyl (C=O) groups is 1. The van der Waals surface area contributed by atoms with Crippen LogP contribution in [0.4, 0.5) is 0 Å². The lowest BCUT2D eigenvalue weighted by Crippen LogP contribution is -2.58. The molecule has 0 heterocycles. The Hall–Kier alpha value is -0.610. The van der Waals surface area contributed by atoms with Gasteiger partial charge in [0, 0.05) is 12.6 Å². The van der Waals surface area contributed by atoms with Crippen molar-refractivity contribution in [3.8, 4) is 0 Å². The van der Waals surface area contributed by atoms with E-state index in [9.17, 15) is 9.90 Å². The maximum Gasteiger partial charge on any atom is 0.324 e. The quantitative estimate of drug-likeness (QED) is 0.755. The summed E-state index contributed by atoms with van der Waals surface area (Å²) in [7, 11) is 2.07. The molecule has 1 fully saturated rings. The Kier molecular flexibility index (Phi) is 6.02. The van der Waals surface area contributed by atoms with E-state index in [4.69, 9.17) is 0 Å². The third kappa shape index (κ3) is 4.74. The average molecular weight is 284 g/mol. The lowest BCUT2D eigenvalue weighted by molar-refractivity contribution is -0.145. The van der Waals surface area contributed by atoms with Crippen LogP contribution < -0.4 is 5.32 Å². The molecule has 0 amide bonds. The van der Waals surface area contributed by atoms with Gasteiger partial charge in [0.25, 0.3) is 0 Å². The Morgan fingerprint density at radius 2 is 1.95 bits per heavy atom. The Bertz CT molecular complexity index is 320. The first-order chi connectivity index (χ1) is 9.20. The van der Waals surface area contributed by atoms with Crippen LogP contribution in [0.25, 0.3) is 0 Å². The highest BCUT2D eigenvalue weighted by Gasteiger charge is 2.36. The molecule has 2 N–H and O–H groups in total. The SMILES string of the molecule is CCCNC(C)(CN(C)C1CCC(C)(C)CC1)C(=O)O. The molecular weight excluding hydrogens is 252 g/mol. The van der Waals surface area contributed by atoms with Crippen LogP contribution in [-0.2, 0) is 4.79 Å². The third-order valence-electron chi connectivity index (χ3n) is 4.73. The summed E-state index contributed by atoms with van der Waals surface area (Å²) >= 11 is 0. The van der Waals surface area contributed by atoms with Crippen molar-refractivity contribution in [1.29, 1.82) is 0 Å². The van der Waals surface area contributed by atoms with Gasteiger partial charge in [0.05, 0.1) is 0 Å². The second-order valence-electron chi connectivity index (χ2n) is 7.37. The van der Waals surface area contributed by atoms with E-state index < -0.39 is 11.5 Å². The standard InChI is InChI=1S/C16H32N2O2/c1-6-11-17-16(4,14(19)20)12-18(5)13-7-9-15(2,3)10-8-13/h13,17H,6-12H2,1-5H3,(H,19,20). The molecule has 1 saturated carbocycles. The van der Waals surface area contributed by atoms with Gasteiger partial charge in [0.1, 0.15) is 5.54 Å². The van der Waals surface area contributed by atoms with Gasteiger partial charge in [-0.05, 0) is 58.0 Å². The van der Waals surface area contributed by atoms with Crippen LogP contribution in [0, 0.1) is 5.41 Å². The van der Waals surface area contributed by atoms with E-state index in [1.807, 2.05) is 0 Å². The lowest BCUT2D eigenvalue weighted by Gasteiger charge is -2.41. The number of hydrogen-bond donors (Lipinski definition) is 2. The van der Waals surface area contributed by atoms with Crippen molar-refractivity contribution in [2.24, 2.45) is 5.41 Å². The van der Waals surface area contributed by atoms with Crippen molar-refractivity contribution < 1.29 is 9.90 Å². The molecule has 0 spiro atoms. The van der Waals surface area contributed by atoms with Crippen molar-refractivity contribution in [1.82, 2.24) is 10.2 Å². The zero-order valence-electron chi connectivity index (χ0n) is 13.8. The van der Waals surface area contributed by atoms with Gasteiger partial charge in [0.15, 0.2) is 0 Å². The number of carboxylic acid groups (broad SMARTS) is 1. The first-order valence-corrected chi connectivity index (χ1v) is 7.89. The summed E-state index contributed by atoms with van der Waals surface area (Å²) in [6.07, 6.45) is 5.76. The summed E-state index contributed by atoms with van der Waals surface area (Å²) in [5.74, 6) is -0.756. The van der Waals surface area contributed by atoms with Crippen LogP contribution in [0.1, 0.15) is 59.8 Å². The molecule has 1 aliphatic rings. The lowest BCUT2D eigenvalue weighted by atomic mass is 9.75. The van der Waals surface area contributed by atoms with E-state index in [0.717, 1.165) is 13.0 Å². The summed E-state index contributed by atoms with van der Waals surface area (Å²) in [4.78, 5) is 13.8. The molecule has 1 rings (SSSR count). The maximum absolute atomic E-state index is 11.6. The van der Waals surface area contributed by atoms with E-state index >= 15 is 0 Å². The fourth-order valence-corrected chi connectivity index (χ4v) is 3.05. The van der Waals surface area contributed by atoms with E-state index in [0.29, 0.717) is 18.0 Å². The van der Waals surface area contributed by atoms with Gasteiger partial charge < -0.3 is 15.3 Å². The van der Waals surface area contributed by atoms with E-state index in [1.54, 1.807) is 6.92 Å². The molecule has 0 aromatic rings. The molecular formula is C16H32N2O2. The molecule has 1 aliphatic carbocycles. The molecule has 0 saturated heterocycles. The summed E-state index contributed by atoms with van der Waals surface area (Å²) < 4.78 is 0. The van der Waals surface area contributed by atoms with Crippen molar-refractivity contribution in [2.75, 3.05) is 20.1 Å². The predicted molar refractivity (Wildman–Crippen MR) is 83.0 cm³/mol. The summed E-state index contributed by atoms with van der Waals surface area (Å²) in [6.45, 7) is 9.82. The van der Waals surface area contributed by atoms with Gasteiger partial charge in [-0.25, -0.2) is 0 Å². The third-order valence-corrected chi connectivity index (χ3v) is 4.73. The van der Waals surface area contributed by atoms with Crippen LogP contribution in [0.2, 0.25) is 0 Å². The highest BCUT2D eigenvalue weighted by atomic mass is 16.4. The molecule has 4 nitrogen and oxygen atoms in total. The normalized spacial score (nSPS) is 22.7. The maximum atomic E-state index is 11.6. The second kappa shape index (κ2) is 6.90. The molecule has 0 radical (unpaired) electrons. The van der Waals surface area contributed by atoms with Gasteiger partial charge in [0.2, 0.25) is 0 Å². The predicted octanol–water partition coefficient (Wildman–Crippen LogP) is 2.73. The minimum Gasteiger partial charge on any atom is -0.480 e. The Balaban J connectivity index is 2.58. The van der Waals surface area contributed by atoms with Gasteiger partial charge in [-0.15, -0.1) is 0 Å². The Morgan fingerprint density at radius 1 is 1.40 bits per heavy atom. The van der Waals surface area contributed by atoms with Gasteiger partial charge in [-0.3, -0.25) is 4.79 Å². The topological polar surface area (TPSA) is 52.6 Å². The number of hydrogen-bond acceptors (Lipinski definition) is 3. The van der Waals surface area contributed by atoms with Crippen molar-refractivity contribution >= 4 is 5.97 Å². The largest absolute Gasteiger partial charge is 0.480 e. The number of aliphatic carboxylic acids is 1. The zero-order chi connectivity index (χ0) is 15.4. The van der Waals surface area contributed by atoms with Crippen molar-refractivity contribution in [3.63, 3.8) is 0 Å². The molecule has 0 aromatic carbocycles. The van der Waals surface area contributed by atoms with E-state index in [2.05, 4.69) is 38.0 Å². The van der Waals surface area contributed by atoms with Gasteiger partial charge >= 0.3 is 5.97 Å². The van der Waals surface area contributed by atoms with Crippen molar-refractivity contribution in [3.05, 3.63) is 0 Å². The Morgan fingerprint density at radius 3 is 2.40 bits per heavy atom. The van der Waals surface area contributed by atoms with E-state index in [-0.39, 0.29) is 0 Å². The van der Waals surface area contributed by atoms with Crippen LogP contribution in [0.5, 0.6) is 0 Å². The summed E-state index contributed by atoms with van der Waals surface area (Å²) in [5.41, 5.74) is -0.397. The van der Waals surface area contributed by atoms with Crippen LogP contribution >= 0.6 is 0 Å². The van der Waals surface area contributed by atoms with E-state index in [1.165, 1.54) is 25.7 Å². The highest BCUT2D eigenvalue weighted by molar-refractivity contribution is 5.78. The highest BCUT2D eigenvalue weighted by Crippen LogP contribution is 2.36. The molecule has 20 heavy (non-hydrogen) atoms. The van der Waals surface area contributed by atoms with Crippen molar-refractivity contribution in [2.45, 2.75) is 71.4 Å². The first-order valence-electron chi connectivity index (χ1n) is 7.89. The fourth-order valence-electron chi connectivity index (χ4n) is 3.05. The minimum atomic E-state index is -0.849. The molecule has 0 aliphatic heterocycles. The Labute approximate surface area is 123 Å². The zero-order valence-corrected chi connectivity index (χ0v) is 13.8. The monoisotopic (exact) mass is 284 g/mol. The molecule has 0 aromatic heterocycles. The van der Waals surface area contributed by atoms with Gasteiger partial charge in [-0.2, -0.15) is 0 Å². The number of nitrogens with zero attached hydrogens (tertiary/aromatic N) is 1. The smallest absolute Gasteiger partial charge is 0.324 e. The number of nitrogens with one attached hydrogen (secondary N) is 1. The minimum absolute atomic E-state index is 0.452. The van der Waals surface area contributed by atoms with Crippen LogP contribution in [0.3, 0.4) is 0 Å². The molecule has 0 bridgehead atoms. The molecule has 4 heteroatoms. The number of likely N-dealkylation sites (N-methyl/N-ethyl adjacent to an activating group) is 1. The average Bonchev–Trinajstić information content (AvgIpc) is 2.35. The molecule has 118 valence electrons.